The van der Waals surface area contributed by atoms with E-state index in [1.54, 1.807) is 44.6 Å². The van der Waals surface area contributed by atoms with Gasteiger partial charge in [-0.05, 0) is 48.2 Å². The SMILES string of the molecule is CCCOc1ccc(C2=C(Cl)C(=O)N(CCc3ccc(OC)c(OC)c3)C2=O)cc1. The molecule has 1 aliphatic heterocycles. The van der Waals surface area contributed by atoms with Gasteiger partial charge in [0.25, 0.3) is 11.8 Å². The Kier molecular flexibility index (Phi) is 7.00. The summed E-state index contributed by atoms with van der Waals surface area (Å²) in [5, 5.41) is -0.0606. The van der Waals surface area contributed by atoms with Crippen LogP contribution < -0.4 is 14.2 Å². The van der Waals surface area contributed by atoms with Crippen LogP contribution >= 0.6 is 11.6 Å². The maximum absolute atomic E-state index is 12.9. The fourth-order valence-corrected chi connectivity index (χ4v) is 3.51. The Hall–Kier alpha value is -2.99. The second-order valence-electron chi connectivity index (χ2n) is 6.76. The summed E-state index contributed by atoms with van der Waals surface area (Å²) in [4.78, 5) is 26.7. The second-order valence-corrected chi connectivity index (χ2v) is 7.14. The molecule has 0 aliphatic carbocycles. The molecule has 2 aromatic carbocycles. The van der Waals surface area contributed by atoms with Gasteiger partial charge in [0.2, 0.25) is 0 Å². The van der Waals surface area contributed by atoms with Crippen molar-refractivity contribution < 1.29 is 23.8 Å². The lowest BCUT2D eigenvalue weighted by Crippen LogP contribution is -2.33. The van der Waals surface area contributed by atoms with Crippen LogP contribution in [0.1, 0.15) is 24.5 Å². The summed E-state index contributed by atoms with van der Waals surface area (Å²) >= 11 is 6.25. The lowest BCUT2D eigenvalue weighted by Gasteiger charge is -2.16. The van der Waals surface area contributed by atoms with Gasteiger partial charge in [-0.25, -0.2) is 0 Å². The molecule has 1 aliphatic rings. The molecule has 1 heterocycles. The third-order valence-electron chi connectivity index (χ3n) is 4.80. The fraction of sp³-hybridized carbons (Fsp3) is 0.304. The van der Waals surface area contributed by atoms with E-state index in [0.717, 1.165) is 12.0 Å². The molecule has 0 saturated carbocycles. The highest BCUT2D eigenvalue weighted by molar-refractivity contribution is 6.55. The van der Waals surface area contributed by atoms with Crippen LogP contribution in [0.3, 0.4) is 0 Å². The number of carbonyl (C=O) groups excluding carboxylic acids is 2. The number of nitrogens with zero attached hydrogens (tertiary/aromatic N) is 1. The van der Waals surface area contributed by atoms with Gasteiger partial charge in [0.1, 0.15) is 10.8 Å². The molecule has 30 heavy (non-hydrogen) atoms. The molecule has 0 fully saturated rings. The normalized spacial score (nSPS) is 13.8. The molecular weight excluding hydrogens is 406 g/mol. The Morgan fingerprint density at radius 1 is 0.933 bits per heavy atom. The average Bonchev–Trinajstić information content (AvgIpc) is 2.99. The van der Waals surface area contributed by atoms with Crippen molar-refractivity contribution in [2.45, 2.75) is 19.8 Å². The second kappa shape index (κ2) is 9.67. The Labute approximate surface area is 181 Å². The maximum atomic E-state index is 12.9. The van der Waals surface area contributed by atoms with Crippen LogP contribution in [0.25, 0.3) is 5.57 Å². The quantitative estimate of drug-likeness (QED) is 0.562. The van der Waals surface area contributed by atoms with Crippen molar-refractivity contribution >= 4 is 29.0 Å². The number of carbonyl (C=O) groups is 2. The van der Waals surface area contributed by atoms with Gasteiger partial charge >= 0.3 is 0 Å². The number of ether oxygens (including phenoxy) is 3. The van der Waals surface area contributed by atoms with Crippen LogP contribution in [0.5, 0.6) is 17.2 Å². The fourth-order valence-electron chi connectivity index (χ4n) is 3.21. The zero-order chi connectivity index (χ0) is 21.7. The Morgan fingerprint density at radius 3 is 2.27 bits per heavy atom. The Morgan fingerprint density at radius 2 is 1.63 bits per heavy atom. The van der Waals surface area contributed by atoms with Gasteiger partial charge in [0, 0.05) is 6.54 Å². The summed E-state index contributed by atoms with van der Waals surface area (Å²) in [5.41, 5.74) is 1.72. The van der Waals surface area contributed by atoms with E-state index in [-0.39, 0.29) is 17.2 Å². The molecule has 2 amide bonds. The summed E-state index contributed by atoms with van der Waals surface area (Å²) in [6.07, 6.45) is 1.37. The maximum Gasteiger partial charge on any atom is 0.273 e. The third kappa shape index (κ3) is 4.44. The predicted octanol–water partition coefficient (Wildman–Crippen LogP) is 4.05. The van der Waals surface area contributed by atoms with E-state index < -0.39 is 11.8 Å². The van der Waals surface area contributed by atoms with Crippen LogP contribution in [0.15, 0.2) is 47.5 Å². The number of amides is 2. The minimum atomic E-state index is -0.483. The van der Waals surface area contributed by atoms with Gasteiger partial charge in [0.15, 0.2) is 11.5 Å². The molecule has 3 rings (SSSR count). The predicted molar refractivity (Wildman–Crippen MR) is 115 cm³/mol. The summed E-state index contributed by atoms with van der Waals surface area (Å²) < 4.78 is 16.1. The highest BCUT2D eigenvalue weighted by Crippen LogP contribution is 2.33. The zero-order valence-corrected chi connectivity index (χ0v) is 18.0. The molecule has 7 heteroatoms. The molecule has 0 atom stereocenters. The number of halogens is 1. The standard InChI is InChI=1S/C23H24ClNO5/c1-4-13-30-17-8-6-16(7-9-17)20-21(24)23(27)25(22(20)26)12-11-15-5-10-18(28-2)19(14-15)29-3/h5-10,14H,4,11-13H2,1-3H3. The molecular formula is C23H24ClNO5. The largest absolute Gasteiger partial charge is 0.494 e. The van der Waals surface area contributed by atoms with E-state index in [2.05, 4.69) is 0 Å². The summed E-state index contributed by atoms with van der Waals surface area (Å²) in [6, 6.07) is 12.5. The molecule has 158 valence electrons. The van der Waals surface area contributed by atoms with E-state index in [0.29, 0.717) is 35.8 Å². The van der Waals surface area contributed by atoms with E-state index >= 15 is 0 Å². The molecule has 6 nitrogen and oxygen atoms in total. The van der Waals surface area contributed by atoms with Gasteiger partial charge in [-0.3, -0.25) is 14.5 Å². The smallest absolute Gasteiger partial charge is 0.273 e. The number of methoxy groups -OCH3 is 2. The molecule has 0 N–H and O–H groups in total. The lowest BCUT2D eigenvalue weighted by molar-refractivity contribution is -0.136. The van der Waals surface area contributed by atoms with E-state index in [1.807, 2.05) is 19.1 Å². The van der Waals surface area contributed by atoms with Crippen LogP contribution in [0, 0.1) is 0 Å². The monoisotopic (exact) mass is 429 g/mol. The van der Waals surface area contributed by atoms with Crippen molar-refractivity contribution in [2.75, 3.05) is 27.4 Å². The van der Waals surface area contributed by atoms with Gasteiger partial charge in [-0.1, -0.05) is 36.7 Å². The first kappa shape index (κ1) is 21.7. The van der Waals surface area contributed by atoms with Crippen LogP contribution in [-0.4, -0.2) is 44.1 Å². The molecule has 0 spiro atoms. The van der Waals surface area contributed by atoms with Crippen LogP contribution in [0.2, 0.25) is 0 Å². The third-order valence-corrected chi connectivity index (χ3v) is 5.15. The van der Waals surface area contributed by atoms with Crippen molar-refractivity contribution in [3.63, 3.8) is 0 Å². The molecule has 0 unspecified atom stereocenters. The lowest BCUT2D eigenvalue weighted by atomic mass is 10.1. The molecule has 0 aromatic heterocycles. The van der Waals surface area contributed by atoms with Crippen molar-refractivity contribution in [3.05, 3.63) is 58.6 Å². The van der Waals surface area contributed by atoms with E-state index in [9.17, 15) is 9.59 Å². The summed E-state index contributed by atoms with van der Waals surface area (Å²) in [7, 11) is 3.13. The van der Waals surface area contributed by atoms with Crippen molar-refractivity contribution in [2.24, 2.45) is 0 Å². The molecule has 2 aromatic rings. The van der Waals surface area contributed by atoms with Crippen LogP contribution in [-0.2, 0) is 16.0 Å². The first-order chi connectivity index (χ1) is 14.5. The van der Waals surface area contributed by atoms with Gasteiger partial charge in [-0.15, -0.1) is 0 Å². The van der Waals surface area contributed by atoms with Crippen molar-refractivity contribution in [1.29, 1.82) is 0 Å². The highest BCUT2D eigenvalue weighted by Gasteiger charge is 2.37. The minimum absolute atomic E-state index is 0.0606. The van der Waals surface area contributed by atoms with Gasteiger partial charge in [0.05, 0.1) is 26.4 Å². The first-order valence-corrected chi connectivity index (χ1v) is 10.1. The number of benzene rings is 2. The summed E-state index contributed by atoms with van der Waals surface area (Å²) in [6.45, 7) is 2.85. The zero-order valence-electron chi connectivity index (χ0n) is 17.2. The van der Waals surface area contributed by atoms with Crippen molar-refractivity contribution in [1.82, 2.24) is 4.90 Å². The first-order valence-electron chi connectivity index (χ1n) is 9.70. The number of hydrogen-bond acceptors (Lipinski definition) is 5. The summed E-state index contributed by atoms with van der Waals surface area (Å²) in [5.74, 6) is 1.04. The number of hydrogen-bond donors (Lipinski definition) is 0. The number of imide groups is 1. The molecule has 0 radical (unpaired) electrons. The average molecular weight is 430 g/mol. The Balaban J connectivity index is 1.72. The number of rotatable bonds is 9. The Bertz CT molecular complexity index is 968. The van der Waals surface area contributed by atoms with Gasteiger partial charge < -0.3 is 14.2 Å². The molecule has 0 bridgehead atoms. The topological polar surface area (TPSA) is 65.1 Å². The highest BCUT2D eigenvalue weighted by atomic mass is 35.5. The van der Waals surface area contributed by atoms with Crippen molar-refractivity contribution in [3.8, 4) is 17.2 Å². The van der Waals surface area contributed by atoms with E-state index in [1.165, 1.54) is 4.90 Å². The molecule has 0 saturated heterocycles. The minimum Gasteiger partial charge on any atom is -0.494 e. The van der Waals surface area contributed by atoms with Crippen LogP contribution in [0.4, 0.5) is 0 Å². The van der Waals surface area contributed by atoms with Gasteiger partial charge in [-0.2, -0.15) is 0 Å². The van der Waals surface area contributed by atoms with E-state index in [4.69, 9.17) is 25.8 Å².